The Morgan fingerprint density at radius 1 is 1.21 bits per heavy atom. The highest BCUT2D eigenvalue weighted by molar-refractivity contribution is 9.10. The minimum absolute atomic E-state index is 0.0222. The number of hydrogen-bond acceptors (Lipinski definition) is 6. The third-order valence-electron chi connectivity index (χ3n) is 4.09. The van der Waals surface area contributed by atoms with Gasteiger partial charge in [-0.3, -0.25) is 29.9 Å². The zero-order chi connectivity index (χ0) is 21.1. The van der Waals surface area contributed by atoms with E-state index in [9.17, 15) is 24.5 Å². The molecule has 2 aromatic rings. The minimum Gasteiger partial charge on any atom is -0.488 e. The average molecular weight is 460 g/mol. The van der Waals surface area contributed by atoms with Gasteiger partial charge in [0.05, 0.1) is 9.40 Å². The summed E-state index contributed by atoms with van der Waals surface area (Å²) in [7, 11) is 1.28. The first-order valence-electron chi connectivity index (χ1n) is 8.27. The van der Waals surface area contributed by atoms with Crippen molar-refractivity contribution in [2.45, 2.75) is 6.61 Å². The number of likely N-dealkylation sites (N-methyl/N-ethyl adjacent to an activating group) is 1. The molecule has 2 aromatic carbocycles. The second-order valence-corrected chi connectivity index (χ2v) is 6.94. The maximum Gasteiger partial charge on any atom is 0.331 e. The molecule has 1 fully saturated rings. The first-order valence-corrected chi connectivity index (χ1v) is 9.06. The number of nitro benzene ring substituents is 1. The van der Waals surface area contributed by atoms with Crippen LogP contribution in [-0.4, -0.2) is 34.7 Å². The first-order chi connectivity index (χ1) is 13.8. The number of nitrogens with zero attached hydrogens (tertiary/aromatic N) is 2. The molecule has 0 aliphatic carbocycles. The van der Waals surface area contributed by atoms with E-state index >= 15 is 0 Å². The van der Waals surface area contributed by atoms with Crippen LogP contribution < -0.4 is 10.1 Å². The van der Waals surface area contributed by atoms with Crippen molar-refractivity contribution in [3.8, 4) is 5.75 Å². The number of carbonyl (C=O) groups is 3. The third-order valence-corrected chi connectivity index (χ3v) is 4.71. The van der Waals surface area contributed by atoms with E-state index in [4.69, 9.17) is 4.74 Å². The Morgan fingerprint density at radius 3 is 2.66 bits per heavy atom. The summed E-state index contributed by atoms with van der Waals surface area (Å²) >= 11 is 3.36. The quantitative estimate of drug-likeness (QED) is 0.317. The number of barbiturate groups is 1. The molecule has 0 saturated carbocycles. The molecule has 0 spiro atoms. The predicted octanol–water partition coefficient (Wildman–Crippen LogP) is 3.03. The molecular formula is C19H14BrN3O6. The Labute approximate surface area is 173 Å². The van der Waals surface area contributed by atoms with Gasteiger partial charge in [-0.25, -0.2) is 4.79 Å². The number of benzene rings is 2. The Kier molecular flexibility index (Phi) is 5.74. The van der Waals surface area contributed by atoms with Crippen LogP contribution >= 0.6 is 15.9 Å². The molecule has 0 bridgehead atoms. The van der Waals surface area contributed by atoms with E-state index < -0.39 is 22.8 Å². The van der Waals surface area contributed by atoms with Crippen molar-refractivity contribution in [1.29, 1.82) is 0 Å². The summed E-state index contributed by atoms with van der Waals surface area (Å²) in [6, 6.07) is 10.3. The second kappa shape index (κ2) is 8.23. The monoisotopic (exact) mass is 459 g/mol. The van der Waals surface area contributed by atoms with Gasteiger partial charge in [-0.1, -0.05) is 18.2 Å². The number of hydrogen-bond donors (Lipinski definition) is 1. The van der Waals surface area contributed by atoms with Crippen LogP contribution in [0.1, 0.15) is 11.1 Å². The molecule has 1 aliphatic rings. The molecule has 1 saturated heterocycles. The van der Waals surface area contributed by atoms with Crippen LogP contribution in [0, 0.1) is 10.1 Å². The van der Waals surface area contributed by atoms with Crippen LogP contribution in [0.5, 0.6) is 5.75 Å². The molecule has 10 heteroatoms. The Bertz CT molecular complexity index is 1070. The van der Waals surface area contributed by atoms with Gasteiger partial charge in [0, 0.05) is 19.2 Å². The Hall–Kier alpha value is -3.53. The molecule has 1 aliphatic heterocycles. The molecule has 148 valence electrons. The van der Waals surface area contributed by atoms with Crippen LogP contribution in [0.2, 0.25) is 0 Å². The summed E-state index contributed by atoms with van der Waals surface area (Å²) in [5.41, 5.74) is 0.991. The molecule has 0 unspecified atom stereocenters. The van der Waals surface area contributed by atoms with E-state index in [2.05, 4.69) is 21.2 Å². The van der Waals surface area contributed by atoms with Crippen molar-refractivity contribution >= 4 is 45.5 Å². The molecule has 1 N–H and O–H groups in total. The van der Waals surface area contributed by atoms with Crippen molar-refractivity contribution < 1.29 is 24.0 Å². The van der Waals surface area contributed by atoms with Gasteiger partial charge in [-0.15, -0.1) is 0 Å². The molecule has 4 amide bonds. The largest absolute Gasteiger partial charge is 0.488 e. The number of carbonyl (C=O) groups excluding carboxylic acids is 3. The van der Waals surface area contributed by atoms with Gasteiger partial charge < -0.3 is 4.74 Å². The maximum atomic E-state index is 12.1. The molecule has 0 radical (unpaired) electrons. The smallest absolute Gasteiger partial charge is 0.331 e. The fourth-order valence-corrected chi connectivity index (χ4v) is 3.07. The van der Waals surface area contributed by atoms with Crippen molar-refractivity contribution in [2.24, 2.45) is 0 Å². The summed E-state index contributed by atoms with van der Waals surface area (Å²) in [5.74, 6) is -0.980. The molecule has 9 nitrogen and oxygen atoms in total. The normalized spacial score (nSPS) is 15.4. The van der Waals surface area contributed by atoms with E-state index in [1.165, 1.54) is 25.3 Å². The predicted molar refractivity (Wildman–Crippen MR) is 106 cm³/mol. The van der Waals surface area contributed by atoms with Gasteiger partial charge in [-0.2, -0.15) is 0 Å². The Balaban J connectivity index is 1.76. The van der Waals surface area contributed by atoms with Gasteiger partial charge in [0.15, 0.2) is 0 Å². The lowest BCUT2D eigenvalue weighted by Gasteiger charge is -2.22. The average Bonchev–Trinajstić information content (AvgIpc) is 2.69. The zero-order valence-corrected chi connectivity index (χ0v) is 16.6. The van der Waals surface area contributed by atoms with Gasteiger partial charge in [0.2, 0.25) is 0 Å². The summed E-state index contributed by atoms with van der Waals surface area (Å²) in [6.07, 6.45) is 1.37. The van der Waals surface area contributed by atoms with Crippen molar-refractivity contribution in [2.75, 3.05) is 7.05 Å². The fourth-order valence-electron chi connectivity index (χ4n) is 2.56. The molecule has 1 heterocycles. The lowest BCUT2D eigenvalue weighted by molar-refractivity contribution is -0.384. The molecule has 0 aromatic heterocycles. The highest BCUT2D eigenvalue weighted by Gasteiger charge is 2.32. The van der Waals surface area contributed by atoms with Crippen LogP contribution in [0.3, 0.4) is 0 Å². The maximum absolute atomic E-state index is 12.1. The van der Waals surface area contributed by atoms with Crippen LogP contribution in [-0.2, 0) is 16.2 Å². The van der Waals surface area contributed by atoms with Crippen LogP contribution in [0.4, 0.5) is 10.5 Å². The van der Waals surface area contributed by atoms with Gasteiger partial charge in [0.1, 0.15) is 17.9 Å². The molecule has 3 rings (SSSR count). The van der Waals surface area contributed by atoms with Crippen LogP contribution in [0.25, 0.3) is 6.08 Å². The van der Waals surface area contributed by atoms with Crippen molar-refractivity contribution in [1.82, 2.24) is 10.2 Å². The number of ether oxygens (including phenoxy) is 1. The fraction of sp³-hybridized carbons (Fsp3) is 0.105. The number of halogens is 1. The lowest BCUT2D eigenvalue weighted by atomic mass is 10.1. The van der Waals surface area contributed by atoms with E-state index in [0.717, 1.165) is 4.90 Å². The number of urea groups is 1. The first kappa shape index (κ1) is 20.2. The SMILES string of the molecule is CN1C(=O)NC(=O)/C(=C\c2ccc(OCc3cccc([N+](=O)[O-])c3)c(Br)c2)C1=O. The topological polar surface area (TPSA) is 119 Å². The molecule has 29 heavy (non-hydrogen) atoms. The minimum atomic E-state index is -0.775. The molecule has 0 atom stereocenters. The van der Waals surface area contributed by atoms with Gasteiger partial charge >= 0.3 is 6.03 Å². The van der Waals surface area contributed by atoms with E-state index in [1.54, 1.807) is 30.3 Å². The summed E-state index contributed by atoms with van der Waals surface area (Å²) in [5, 5.41) is 12.9. The number of non-ortho nitro benzene ring substituents is 1. The summed E-state index contributed by atoms with van der Waals surface area (Å²) in [4.78, 5) is 46.7. The van der Waals surface area contributed by atoms with Crippen molar-refractivity contribution in [3.05, 3.63) is 73.8 Å². The number of amides is 4. The van der Waals surface area contributed by atoms with Gasteiger partial charge in [0.25, 0.3) is 17.5 Å². The number of nitrogens with one attached hydrogen (secondary N) is 1. The Morgan fingerprint density at radius 2 is 1.97 bits per heavy atom. The number of nitro groups is 1. The summed E-state index contributed by atoms with van der Waals surface area (Å²) in [6.45, 7) is 0.120. The number of imide groups is 2. The highest BCUT2D eigenvalue weighted by Crippen LogP contribution is 2.28. The zero-order valence-electron chi connectivity index (χ0n) is 15.0. The third kappa shape index (κ3) is 4.49. The lowest BCUT2D eigenvalue weighted by Crippen LogP contribution is -2.52. The summed E-state index contributed by atoms with van der Waals surface area (Å²) < 4.78 is 6.25. The van der Waals surface area contributed by atoms with Crippen LogP contribution in [0.15, 0.2) is 52.5 Å². The van der Waals surface area contributed by atoms with Gasteiger partial charge in [-0.05, 0) is 45.3 Å². The molecular weight excluding hydrogens is 446 g/mol. The highest BCUT2D eigenvalue weighted by atomic mass is 79.9. The van der Waals surface area contributed by atoms with Crippen molar-refractivity contribution in [3.63, 3.8) is 0 Å². The van der Waals surface area contributed by atoms with E-state index in [-0.39, 0.29) is 17.9 Å². The second-order valence-electron chi connectivity index (χ2n) is 6.09. The number of rotatable bonds is 5. The van der Waals surface area contributed by atoms with E-state index in [0.29, 0.717) is 21.3 Å². The standard InChI is InChI=1S/C19H14BrN3O6/c1-22-18(25)14(17(24)21-19(22)26)8-11-5-6-16(15(20)9-11)29-10-12-3-2-4-13(7-12)23(27)28/h2-9H,10H2,1H3,(H,21,24,26)/b14-8+. The van der Waals surface area contributed by atoms with E-state index in [1.807, 2.05) is 0 Å².